The molecule has 0 unspecified atom stereocenters. The molecule has 2 aromatic rings. The predicted molar refractivity (Wildman–Crippen MR) is 88.6 cm³/mol. The van der Waals surface area contributed by atoms with Crippen molar-refractivity contribution in [2.75, 3.05) is 23.8 Å². The number of amides is 1. The maximum absolute atomic E-state index is 12.1. The Kier molecular flexibility index (Phi) is 4.99. The third-order valence-corrected chi connectivity index (χ3v) is 3.82. The van der Waals surface area contributed by atoms with Gasteiger partial charge in [-0.05, 0) is 37.1 Å². The maximum Gasteiger partial charge on any atom is 0.228 e. The Morgan fingerprint density at radius 3 is 2.54 bits per heavy atom. The van der Waals surface area contributed by atoms with Gasteiger partial charge in [0.15, 0.2) is 11.6 Å². The molecule has 1 aromatic carbocycles. The fourth-order valence-corrected chi connectivity index (χ4v) is 2.48. The van der Waals surface area contributed by atoms with Gasteiger partial charge in [-0.15, -0.1) is 10.2 Å². The summed E-state index contributed by atoms with van der Waals surface area (Å²) in [6.07, 6.45) is 1.45. The van der Waals surface area contributed by atoms with Gasteiger partial charge in [0, 0.05) is 19.1 Å². The lowest BCUT2D eigenvalue weighted by Crippen LogP contribution is -2.28. The van der Waals surface area contributed by atoms with Crippen LogP contribution in [0.15, 0.2) is 36.4 Å². The average molecular weight is 323 g/mol. The van der Waals surface area contributed by atoms with Crippen molar-refractivity contribution in [1.82, 2.24) is 10.2 Å². The summed E-state index contributed by atoms with van der Waals surface area (Å²) >= 11 is 0. The molecule has 7 nitrogen and oxygen atoms in total. The van der Waals surface area contributed by atoms with Crippen molar-refractivity contribution in [2.24, 2.45) is 5.92 Å². The van der Waals surface area contributed by atoms with Crippen LogP contribution in [-0.4, -0.2) is 29.3 Å². The van der Waals surface area contributed by atoms with Crippen LogP contribution in [-0.2, 0) is 9.53 Å². The molecule has 1 fully saturated rings. The highest BCUT2D eigenvalue weighted by Crippen LogP contribution is 2.20. The van der Waals surface area contributed by atoms with Crippen molar-refractivity contribution in [3.05, 3.63) is 42.0 Å². The number of nitrogens with one attached hydrogen (secondary N) is 2. The summed E-state index contributed by atoms with van der Waals surface area (Å²) in [6.45, 7) is 1.23. The smallest absolute Gasteiger partial charge is 0.228 e. The van der Waals surface area contributed by atoms with Gasteiger partial charge >= 0.3 is 0 Å². The van der Waals surface area contributed by atoms with Gasteiger partial charge in [0.1, 0.15) is 6.07 Å². The number of aromatic nitrogens is 2. The fourth-order valence-electron chi connectivity index (χ4n) is 2.48. The molecule has 0 bridgehead atoms. The van der Waals surface area contributed by atoms with Crippen molar-refractivity contribution in [2.45, 2.75) is 12.8 Å². The van der Waals surface area contributed by atoms with E-state index in [0.717, 1.165) is 12.8 Å². The number of carbonyl (C=O) groups excluding carboxylic acids is 1. The van der Waals surface area contributed by atoms with Crippen molar-refractivity contribution < 1.29 is 9.53 Å². The van der Waals surface area contributed by atoms with Gasteiger partial charge in [0.2, 0.25) is 5.91 Å². The van der Waals surface area contributed by atoms with Gasteiger partial charge in [-0.2, -0.15) is 5.26 Å². The predicted octanol–water partition coefficient (Wildman–Crippen LogP) is 2.46. The Hall–Kier alpha value is -2.98. The molecule has 1 amide bonds. The Morgan fingerprint density at radius 2 is 1.83 bits per heavy atom. The molecule has 0 atom stereocenters. The van der Waals surface area contributed by atoms with E-state index in [1.54, 1.807) is 30.3 Å². The number of benzene rings is 1. The molecule has 1 aromatic heterocycles. The molecule has 0 spiro atoms. The van der Waals surface area contributed by atoms with E-state index < -0.39 is 0 Å². The first-order chi connectivity index (χ1) is 11.8. The molecule has 0 aliphatic carbocycles. The molecule has 122 valence electrons. The molecular weight excluding hydrogens is 306 g/mol. The number of carbonyl (C=O) groups is 1. The molecular formula is C17H17N5O2. The topological polar surface area (TPSA) is 99.9 Å². The zero-order chi connectivity index (χ0) is 16.8. The summed E-state index contributed by atoms with van der Waals surface area (Å²) in [4.78, 5) is 12.1. The van der Waals surface area contributed by atoms with Gasteiger partial charge in [-0.1, -0.05) is 12.1 Å². The van der Waals surface area contributed by atoms with Crippen LogP contribution in [0.3, 0.4) is 0 Å². The molecule has 7 heteroatoms. The number of rotatable bonds is 4. The lowest BCUT2D eigenvalue weighted by Gasteiger charge is -2.20. The van der Waals surface area contributed by atoms with E-state index in [1.807, 2.05) is 6.07 Å². The summed E-state index contributed by atoms with van der Waals surface area (Å²) in [5.41, 5.74) is 1.18. The zero-order valence-corrected chi connectivity index (χ0v) is 13.0. The molecule has 1 saturated heterocycles. The molecule has 3 rings (SSSR count). The van der Waals surface area contributed by atoms with Crippen molar-refractivity contribution in [3.63, 3.8) is 0 Å². The summed E-state index contributed by atoms with van der Waals surface area (Å²) < 4.78 is 5.25. The van der Waals surface area contributed by atoms with Crippen molar-refractivity contribution in [1.29, 1.82) is 5.26 Å². The molecule has 2 heterocycles. The van der Waals surface area contributed by atoms with Crippen LogP contribution in [0, 0.1) is 17.2 Å². The van der Waals surface area contributed by atoms with E-state index >= 15 is 0 Å². The van der Waals surface area contributed by atoms with Gasteiger partial charge in [-0.25, -0.2) is 0 Å². The zero-order valence-electron chi connectivity index (χ0n) is 13.0. The molecule has 1 aliphatic heterocycles. The molecule has 2 N–H and O–H groups in total. The second-order valence-electron chi connectivity index (χ2n) is 5.46. The minimum Gasteiger partial charge on any atom is -0.381 e. The normalized spacial score (nSPS) is 14.6. The molecule has 24 heavy (non-hydrogen) atoms. The van der Waals surface area contributed by atoms with Crippen LogP contribution in [0.5, 0.6) is 0 Å². The lowest BCUT2D eigenvalue weighted by atomic mass is 9.99. The first kappa shape index (κ1) is 15.9. The van der Waals surface area contributed by atoms with Gasteiger partial charge in [-0.3, -0.25) is 4.79 Å². The van der Waals surface area contributed by atoms with Crippen molar-refractivity contribution in [3.8, 4) is 6.07 Å². The molecule has 1 aliphatic rings. The first-order valence-corrected chi connectivity index (χ1v) is 7.75. The second kappa shape index (κ2) is 7.53. The highest BCUT2D eigenvalue weighted by atomic mass is 16.5. The largest absolute Gasteiger partial charge is 0.381 e. The Labute approximate surface area is 139 Å². The summed E-state index contributed by atoms with van der Waals surface area (Å²) in [5, 5.41) is 22.9. The molecule has 0 saturated carbocycles. The van der Waals surface area contributed by atoms with Crippen molar-refractivity contribution >= 4 is 23.2 Å². The second-order valence-corrected chi connectivity index (χ2v) is 5.46. The first-order valence-electron chi connectivity index (χ1n) is 7.75. The average Bonchev–Trinajstić information content (AvgIpc) is 2.64. The number of nitrogens with zero attached hydrogens (tertiary/aromatic N) is 3. The third-order valence-electron chi connectivity index (χ3n) is 3.82. The van der Waals surface area contributed by atoms with Crippen LogP contribution < -0.4 is 10.6 Å². The van der Waals surface area contributed by atoms with Crippen LogP contribution in [0.4, 0.5) is 17.3 Å². The Bertz CT molecular complexity index is 748. The standard InChI is InChI=1S/C17H17N5O2/c18-11-13-3-1-2-4-14(13)19-15-5-6-16(22-21-15)20-17(23)12-7-9-24-10-8-12/h1-6,12H,7-10H2,(H,19,21)(H,20,22,23). The summed E-state index contributed by atoms with van der Waals surface area (Å²) in [6, 6.07) is 12.6. The Balaban J connectivity index is 1.63. The number of anilines is 3. The van der Waals surface area contributed by atoms with E-state index in [9.17, 15) is 4.79 Å². The minimum atomic E-state index is -0.0527. The summed E-state index contributed by atoms with van der Waals surface area (Å²) in [5.74, 6) is 0.816. The quantitative estimate of drug-likeness (QED) is 0.896. The number of ether oxygens (including phenoxy) is 1. The maximum atomic E-state index is 12.1. The van der Waals surface area contributed by atoms with Crippen LogP contribution in [0.1, 0.15) is 18.4 Å². The lowest BCUT2D eigenvalue weighted by molar-refractivity contribution is -0.122. The fraction of sp³-hybridized carbons (Fsp3) is 0.294. The van der Waals surface area contributed by atoms with Gasteiger partial charge < -0.3 is 15.4 Å². The third kappa shape index (κ3) is 3.86. The van der Waals surface area contributed by atoms with E-state index in [2.05, 4.69) is 26.9 Å². The highest BCUT2D eigenvalue weighted by Gasteiger charge is 2.21. The highest BCUT2D eigenvalue weighted by molar-refractivity contribution is 5.91. The number of nitriles is 1. The van der Waals surface area contributed by atoms with Gasteiger partial charge in [0.25, 0.3) is 0 Å². The van der Waals surface area contributed by atoms with E-state index in [-0.39, 0.29) is 11.8 Å². The van der Waals surface area contributed by atoms with Crippen LogP contribution in [0.25, 0.3) is 0 Å². The number of hydrogen-bond donors (Lipinski definition) is 2. The molecule has 0 radical (unpaired) electrons. The van der Waals surface area contributed by atoms with E-state index in [1.165, 1.54) is 0 Å². The van der Waals surface area contributed by atoms with Gasteiger partial charge in [0.05, 0.1) is 11.3 Å². The number of hydrogen-bond acceptors (Lipinski definition) is 6. The van der Waals surface area contributed by atoms with Crippen LogP contribution >= 0.6 is 0 Å². The van der Waals surface area contributed by atoms with Crippen LogP contribution in [0.2, 0.25) is 0 Å². The monoisotopic (exact) mass is 323 g/mol. The van der Waals surface area contributed by atoms with E-state index in [4.69, 9.17) is 10.00 Å². The summed E-state index contributed by atoms with van der Waals surface area (Å²) in [7, 11) is 0. The minimum absolute atomic E-state index is 0.0409. The SMILES string of the molecule is N#Cc1ccccc1Nc1ccc(NC(=O)C2CCOCC2)nn1. The Morgan fingerprint density at radius 1 is 1.12 bits per heavy atom. The van der Waals surface area contributed by atoms with E-state index in [0.29, 0.717) is 36.1 Å². The number of para-hydroxylation sites is 1.